The Labute approximate surface area is 170 Å². The van der Waals surface area contributed by atoms with Crippen LogP contribution < -0.4 is 19.7 Å². The molecule has 1 aromatic carbocycles. The number of furan rings is 1. The van der Waals surface area contributed by atoms with Gasteiger partial charge in [-0.25, -0.2) is 4.79 Å². The Kier molecular flexibility index (Phi) is 4.79. The molecule has 1 aromatic heterocycles. The number of hydrogen-bond acceptors (Lipinski definition) is 8. The van der Waals surface area contributed by atoms with Crippen molar-refractivity contribution in [2.45, 2.75) is 13.3 Å². The molecule has 154 valence electrons. The fourth-order valence-electron chi connectivity index (χ4n) is 3.49. The highest BCUT2D eigenvalue weighted by Crippen LogP contribution is 2.37. The van der Waals surface area contributed by atoms with Gasteiger partial charge in [-0.1, -0.05) is 0 Å². The first-order chi connectivity index (χ1) is 14.4. The van der Waals surface area contributed by atoms with Gasteiger partial charge in [-0.2, -0.15) is 5.26 Å². The first kappa shape index (κ1) is 19.3. The van der Waals surface area contributed by atoms with E-state index < -0.39 is 17.8 Å². The average molecular weight is 411 g/mol. The van der Waals surface area contributed by atoms with Crippen LogP contribution in [0.2, 0.25) is 0 Å². The van der Waals surface area contributed by atoms with Crippen LogP contribution in [0.5, 0.6) is 11.5 Å². The number of anilines is 2. The van der Waals surface area contributed by atoms with E-state index in [1.54, 1.807) is 18.2 Å². The summed E-state index contributed by atoms with van der Waals surface area (Å²) in [5.74, 6) is -0.979. The number of amides is 2. The highest BCUT2D eigenvalue weighted by Gasteiger charge is 2.37. The predicted molar refractivity (Wildman–Crippen MR) is 101 cm³/mol. The van der Waals surface area contributed by atoms with Gasteiger partial charge < -0.3 is 23.5 Å². The molecule has 4 rings (SSSR count). The molecule has 1 saturated heterocycles. The molecule has 1 fully saturated rings. The van der Waals surface area contributed by atoms with Crippen LogP contribution in [0.3, 0.4) is 0 Å². The van der Waals surface area contributed by atoms with Crippen molar-refractivity contribution in [1.82, 2.24) is 0 Å². The lowest BCUT2D eigenvalue weighted by Crippen LogP contribution is -2.28. The molecule has 10 nitrogen and oxygen atoms in total. The molecule has 2 amide bonds. The largest absolute Gasteiger partial charge is 0.465 e. The van der Waals surface area contributed by atoms with Crippen LogP contribution in [0.15, 0.2) is 22.6 Å². The molecule has 10 heteroatoms. The second kappa shape index (κ2) is 7.44. The average Bonchev–Trinajstić information content (AvgIpc) is 3.43. The van der Waals surface area contributed by atoms with Gasteiger partial charge in [0.05, 0.1) is 13.0 Å². The lowest BCUT2D eigenvalue weighted by Gasteiger charge is -2.17. The maximum absolute atomic E-state index is 12.7. The number of carbonyl (C=O) groups excluding carboxylic acids is 3. The van der Waals surface area contributed by atoms with Crippen molar-refractivity contribution in [3.63, 3.8) is 0 Å². The fraction of sp³-hybridized carbons (Fsp3) is 0.300. The number of fused-ring (bicyclic) bond motifs is 1. The minimum Gasteiger partial charge on any atom is -0.465 e. The predicted octanol–water partition coefficient (Wildman–Crippen LogP) is 1.97. The lowest BCUT2D eigenvalue weighted by molar-refractivity contribution is -0.122. The standard InChI is InChI=1S/C20H17N3O7/c1-10-17(20(26)27-2)13(7-21)19(30-10)22-18(25)11-5-16(24)23(8-11)12-3-4-14-15(6-12)29-9-28-14/h3-4,6,11H,5,8-9H2,1-2H3,(H,22,25). The summed E-state index contributed by atoms with van der Waals surface area (Å²) < 4.78 is 20.6. The zero-order valence-electron chi connectivity index (χ0n) is 16.2. The summed E-state index contributed by atoms with van der Waals surface area (Å²) in [4.78, 5) is 38.6. The molecule has 2 aliphatic rings. The minimum atomic E-state index is -0.738. The second-order valence-corrected chi connectivity index (χ2v) is 6.77. The number of benzene rings is 1. The van der Waals surface area contributed by atoms with Gasteiger partial charge in [0.25, 0.3) is 0 Å². The smallest absolute Gasteiger partial charge is 0.342 e. The Morgan fingerprint density at radius 1 is 1.30 bits per heavy atom. The molecule has 0 aliphatic carbocycles. The molecule has 2 aliphatic heterocycles. The molecular weight excluding hydrogens is 394 g/mol. The van der Waals surface area contributed by atoms with Gasteiger partial charge in [0.1, 0.15) is 23.0 Å². The van der Waals surface area contributed by atoms with Crippen LogP contribution in [0.1, 0.15) is 28.1 Å². The number of ether oxygens (including phenoxy) is 3. The van der Waals surface area contributed by atoms with Gasteiger partial charge >= 0.3 is 5.97 Å². The molecule has 0 saturated carbocycles. The molecule has 3 heterocycles. The SMILES string of the molecule is COC(=O)c1c(C)oc(NC(=O)C2CC(=O)N(c3ccc4c(c3)OCO4)C2)c1C#N. The number of aryl methyl sites for hydroxylation is 1. The third kappa shape index (κ3) is 3.20. The van der Waals surface area contributed by atoms with Crippen molar-refractivity contribution in [2.24, 2.45) is 5.92 Å². The van der Waals surface area contributed by atoms with E-state index in [0.717, 1.165) is 0 Å². The first-order valence-corrected chi connectivity index (χ1v) is 9.05. The summed E-state index contributed by atoms with van der Waals surface area (Å²) in [6.45, 7) is 1.76. The quantitative estimate of drug-likeness (QED) is 0.756. The minimum absolute atomic E-state index is 0.00822. The Bertz CT molecular complexity index is 1100. The van der Waals surface area contributed by atoms with Crippen molar-refractivity contribution < 1.29 is 33.0 Å². The van der Waals surface area contributed by atoms with E-state index in [2.05, 4.69) is 10.1 Å². The number of rotatable bonds is 4. The van der Waals surface area contributed by atoms with Crippen LogP contribution in [0, 0.1) is 24.2 Å². The lowest BCUT2D eigenvalue weighted by atomic mass is 10.1. The Hall–Kier alpha value is -4.00. The van der Waals surface area contributed by atoms with Gasteiger partial charge in [0.2, 0.25) is 24.5 Å². The molecule has 1 atom stereocenters. The van der Waals surface area contributed by atoms with Crippen LogP contribution in [-0.4, -0.2) is 38.2 Å². The van der Waals surface area contributed by atoms with Crippen molar-refractivity contribution >= 4 is 29.4 Å². The summed E-state index contributed by atoms with van der Waals surface area (Å²) in [7, 11) is 1.18. The highest BCUT2D eigenvalue weighted by molar-refractivity contribution is 6.04. The number of hydrogen-bond donors (Lipinski definition) is 1. The van der Waals surface area contributed by atoms with Crippen molar-refractivity contribution in [2.75, 3.05) is 30.7 Å². The highest BCUT2D eigenvalue weighted by atomic mass is 16.7. The molecule has 1 N–H and O–H groups in total. The normalized spacial score (nSPS) is 17.0. The summed E-state index contributed by atoms with van der Waals surface area (Å²) in [6, 6.07) is 6.96. The molecule has 1 unspecified atom stereocenters. The van der Waals surface area contributed by atoms with E-state index in [-0.39, 0.29) is 48.4 Å². The van der Waals surface area contributed by atoms with E-state index in [4.69, 9.17) is 13.9 Å². The number of carbonyl (C=O) groups is 3. The monoisotopic (exact) mass is 411 g/mol. The topological polar surface area (TPSA) is 131 Å². The number of methoxy groups -OCH3 is 1. The van der Waals surface area contributed by atoms with Crippen molar-refractivity contribution in [3.05, 3.63) is 35.1 Å². The number of nitrogens with one attached hydrogen (secondary N) is 1. The fourth-order valence-corrected chi connectivity index (χ4v) is 3.49. The summed E-state index contributed by atoms with van der Waals surface area (Å²) in [6.07, 6.45) is -0.00822. The Balaban J connectivity index is 1.51. The van der Waals surface area contributed by atoms with Gasteiger partial charge in [-0.05, 0) is 19.1 Å². The summed E-state index contributed by atoms with van der Waals surface area (Å²) in [5.41, 5.74) is 0.434. The third-order valence-corrected chi connectivity index (χ3v) is 4.99. The van der Waals surface area contributed by atoms with Crippen molar-refractivity contribution in [1.29, 1.82) is 5.26 Å². The maximum atomic E-state index is 12.7. The van der Waals surface area contributed by atoms with E-state index in [1.165, 1.54) is 18.9 Å². The zero-order valence-corrected chi connectivity index (χ0v) is 16.2. The van der Waals surface area contributed by atoms with Gasteiger partial charge in [-0.3, -0.25) is 14.9 Å². The molecule has 0 radical (unpaired) electrons. The molecule has 30 heavy (non-hydrogen) atoms. The number of nitrogens with zero attached hydrogens (tertiary/aromatic N) is 2. The van der Waals surface area contributed by atoms with E-state index in [9.17, 15) is 19.6 Å². The summed E-state index contributed by atoms with van der Waals surface area (Å²) >= 11 is 0. The Morgan fingerprint density at radius 2 is 2.07 bits per heavy atom. The van der Waals surface area contributed by atoms with Gasteiger partial charge in [-0.15, -0.1) is 0 Å². The maximum Gasteiger partial charge on any atom is 0.342 e. The van der Waals surface area contributed by atoms with Gasteiger partial charge in [0, 0.05) is 24.7 Å². The third-order valence-electron chi connectivity index (χ3n) is 4.99. The number of esters is 1. The zero-order chi connectivity index (χ0) is 21.4. The van der Waals surface area contributed by atoms with E-state index >= 15 is 0 Å². The first-order valence-electron chi connectivity index (χ1n) is 9.05. The van der Waals surface area contributed by atoms with Crippen molar-refractivity contribution in [3.8, 4) is 17.6 Å². The van der Waals surface area contributed by atoms with Crippen LogP contribution in [0.4, 0.5) is 11.6 Å². The Morgan fingerprint density at radius 3 is 2.80 bits per heavy atom. The summed E-state index contributed by atoms with van der Waals surface area (Å²) in [5, 5.41) is 11.9. The molecule has 2 aromatic rings. The van der Waals surface area contributed by atoms with E-state index in [1.807, 2.05) is 6.07 Å². The molecule has 0 bridgehead atoms. The van der Waals surface area contributed by atoms with E-state index in [0.29, 0.717) is 17.2 Å². The number of nitriles is 1. The van der Waals surface area contributed by atoms with Gasteiger partial charge in [0.15, 0.2) is 11.5 Å². The van der Waals surface area contributed by atoms with Crippen LogP contribution in [0.25, 0.3) is 0 Å². The molecular formula is C20H17N3O7. The van der Waals surface area contributed by atoms with Crippen LogP contribution >= 0.6 is 0 Å². The molecule has 0 spiro atoms. The van der Waals surface area contributed by atoms with Crippen LogP contribution in [-0.2, 0) is 14.3 Å². The second-order valence-electron chi connectivity index (χ2n) is 6.77.